The van der Waals surface area contributed by atoms with E-state index >= 15 is 0 Å². The first-order valence-electron chi connectivity index (χ1n) is 8.93. The Morgan fingerprint density at radius 1 is 0.690 bits per heavy atom. The summed E-state index contributed by atoms with van der Waals surface area (Å²) in [7, 11) is 3.13. The Morgan fingerprint density at radius 3 is 1.72 bits per heavy atom. The largest absolute Gasteiger partial charge is 0.507 e. The zero-order valence-corrected chi connectivity index (χ0v) is 16.5. The van der Waals surface area contributed by atoms with Crippen molar-refractivity contribution in [3.8, 4) is 23.0 Å². The van der Waals surface area contributed by atoms with E-state index in [0.29, 0.717) is 34.0 Å². The second kappa shape index (κ2) is 8.93. The lowest BCUT2D eigenvalue weighted by atomic mass is 10.1. The van der Waals surface area contributed by atoms with Crippen LogP contribution < -0.4 is 9.47 Å². The molecule has 6 nitrogen and oxygen atoms in total. The Labute approximate surface area is 169 Å². The highest BCUT2D eigenvalue weighted by molar-refractivity contribution is 5.90. The fourth-order valence-electron chi connectivity index (χ4n) is 2.65. The fraction of sp³-hybridized carbons (Fsp3) is 0.130. The SMILES string of the molecule is COc1ccc(O)c(C=Nc2ccc(C)cc2N=Cc2cc(OC)ccc2O)c1. The van der Waals surface area contributed by atoms with Crippen LogP contribution in [0.4, 0.5) is 11.4 Å². The molecule has 0 saturated carbocycles. The van der Waals surface area contributed by atoms with Crippen molar-refractivity contribution in [2.24, 2.45) is 9.98 Å². The number of rotatable bonds is 6. The highest BCUT2D eigenvalue weighted by Gasteiger charge is 2.05. The van der Waals surface area contributed by atoms with Crippen molar-refractivity contribution >= 4 is 23.8 Å². The normalized spacial score (nSPS) is 11.3. The summed E-state index contributed by atoms with van der Waals surface area (Å²) >= 11 is 0. The molecule has 0 aliphatic carbocycles. The first-order valence-corrected chi connectivity index (χ1v) is 8.93. The maximum atomic E-state index is 10.0. The number of aliphatic imine (C=N–C) groups is 2. The van der Waals surface area contributed by atoms with Crippen molar-refractivity contribution in [3.05, 3.63) is 71.3 Å². The van der Waals surface area contributed by atoms with Crippen LogP contribution in [0.5, 0.6) is 23.0 Å². The van der Waals surface area contributed by atoms with E-state index in [2.05, 4.69) is 9.98 Å². The van der Waals surface area contributed by atoms with E-state index in [4.69, 9.17) is 9.47 Å². The molecule has 0 bridgehead atoms. The summed E-state index contributed by atoms with van der Waals surface area (Å²) in [6, 6.07) is 15.5. The van der Waals surface area contributed by atoms with Gasteiger partial charge in [0.1, 0.15) is 23.0 Å². The summed E-state index contributed by atoms with van der Waals surface area (Å²) in [6.45, 7) is 1.96. The molecule has 0 fully saturated rings. The van der Waals surface area contributed by atoms with Crippen LogP contribution >= 0.6 is 0 Å². The highest BCUT2D eigenvalue weighted by Crippen LogP contribution is 2.31. The molecule has 6 heteroatoms. The third-order valence-corrected chi connectivity index (χ3v) is 4.29. The van der Waals surface area contributed by atoms with Crippen LogP contribution in [0.1, 0.15) is 16.7 Å². The molecule has 0 radical (unpaired) electrons. The van der Waals surface area contributed by atoms with E-state index in [9.17, 15) is 10.2 Å². The minimum atomic E-state index is 0.105. The molecule has 3 rings (SSSR count). The topological polar surface area (TPSA) is 83.6 Å². The van der Waals surface area contributed by atoms with Gasteiger partial charge in [0, 0.05) is 23.6 Å². The van der Waals surface area contributed by atoms with E-state index in [1.807, 2.05) is 25.1 Å². The number of aromatic hydroxyl groups is 2. The number of phenolic OH excluding ortho intramolecular Hbond substituents is 2. The van der Waals surface area contributed by atoms with Crippen LogP contribution in [0.25, 0.3) is 0 Å². The van der Waals surface area contributed by atoms with Crippen LogP contribution in [-0.2, 0) is 0 Å². The lowest BCUT2D eigenvalue weighted by Gasteiger charge is -2.05. The van der Waals surface area contributed by atoms with Crippen LogP contribution in [0.3, 0.4) is 0 Å². The van der Waals surface area contributed by atoms with Gasteiger partial charge in [-0.3, -0.25) is 9.98 Å². The molecule has 0 heterocycles. The summed E-state index contributed by atoms with van der Waals surface area (Å²) in [4.78, 5) is 8.98. The molecule has 148 valence electrons. The quantitative estimate of drug-likeness (QED) is 0.585. The van der Waals surface area contributed by atoms with Gasteiger partial charge in [-0.1, -0.05) is 6.07 Å². The van der Waals surface area contributed by atoms with Gasteiger partial charge in [-0.05, 0) is 61.0 Å². The Bertz CT molecular complexity index is 1070. The zero-order valence-electron chi connectivity index (χ0n) is 16.5. The first kappa shape index (κ1) is 19.9. The van der Waals surface area contributed by atoms with E-state index in [1.54, 1.807) is 63.0 Å². The average molecular weight is 390 g/mol. The summed E-state index contributed by atoms with van der Waals surface area (Å²) in [5.41, 5.74) is 3.34. The first-order chi connectivity index (χ1) is 14.0. The van der Waals surface area contributed by atoms with Gasteiger partial charge in [0.05, 0.1) is 25.6 Å². The van der Waals surface area contributed by atoms with Crippen molar-refractivity contribution in [2.75, 3.05) is 14.2 Å². The smallest absolute Gasteiger partial charge is 0.124 e. The fourth-order valence-corrected chi connectivity index (χ4v) is 2.65. The molecule has 0 aromatic heterocycles. The van der Waals surface area contributed by atoms with Crippen molar-refractivity contribution in [2.45, 2.75) is 6.92 Å². The maximum Gasteiger partial charge on any atom is 0.124 e. The Balaban J connectivity index is 1.95. The number of methoxy groups -OCH3 is 2. The molecular formula is C23H22N2O4. The molecule has 0 aliphatic heterocycles. The summed E-state index contributed by atoms with van der Waals surface area (Å²) < 4.78 is 10.4. The van der Waals surface area contributed by atoms with Gasteiger partial charge in [0.25, 0.3) is 0 Å². The molecule has 0 spiro atoms. The van der Waals surface area contributed by atoms with Gasteiger partial charge < -0.3 is 19.7 Å². The van der Waals surface area contributed by atoms with Crippen molar-refractivity contribution < 1.29 is 19.7 Å². The lowest BCUT2D eigenvalue weighted by molar-refractivity contribution is 0.412. The van der Waals surface area contributed by atoms with Gasteiger partial charge in [0.2, 0.25) is 0 Å². The number of hydrogen-bond acceptors (Lipinski definition) is 6. The molecule has 0 aliphatic rings. The van der Waals surface area contributed by atoms with Gasteiger partial charge in [0.15, 0.2) is 0 Å². The molecule has 0 saturated heterocycles. The van der Waals surface area contributed by atoms with Crippen LogP contribution in [0.15, 0.2) is 64.6 Å². The third kappa shape index (κ3) is 4.93. The van der Waals surface area contributed by atoms with Crippen molar-refractivity contribution in [1.29, 1.82) is 0 Å². The summed E-state index contributed by atoms with van der Waals surface area (Å²) in [5.74, 6) is 1.46. The predicted octanol–water partition coefficient (Wildman–Crippen LogP) is 4.92. The summed E-state index contributed by atoms with van der Waals surface area (Å²) in [6.07, 6.45) is 3.12. The van der Waals surface area contributed by atoms with Crippen molar-refractivity contribution in [1.82, 2.24) is 0 Å². The minimum Gasteiger partial charge on any atom is -0.507 e. The number of aryl methyl sites for hydroxylation is 1. The van der Waals surface area contributed by atoms with E-state index < -0.39 is 0 Å². The number of ether oxygens (including phenoxy) is 2. The number of nitrogens with zero attached hydrogens (tertiary/aromatic N) is 2. The number of benzene rings is 3. The van der Waals surface area contributed by atoms with Gasteiger partial charge in [-0.2, -0.15) is 0 Å². The number of hydrogen-bond donors (Lipinski definition) is 2. The molecule has 29 heavy (non-hydrogen) atoms. The molecule has 0 unspecified atom stereocenters. The van der Waals surface area contributed by atoms with Gasteiger partial charge in [-0.15, -0.1) is 0 Å². The third-order valence-electron chi connectivity index (χ3n) is 4.29. The Kier molecular flexibility index (Phi) is 6.14. The molecule has 3 aromatic carbocycles. The molecule has 2 N–H and O–H groups in total. The molecule has 0 amide bonds. The second-order valence-corrected chi connectivity index (χ2v) is 6.36. The monoisotopic (exact) mass is 390 g/mol. The average Bonchev–Trinajstić information content (AvgIpc) is 2.73. The van der Waals surface area contributed by atoms with E-state index in [-0.39, 0.29) is 11.5 Å². The maximum absolute atomic E-state index is 10.0. The standard InChI is InChI=1S/C23H22N2O4/c1-15-4-7-20(24-13-16-11-18(28-2)5-8-22(16)26)21(10-15)25-14-17-12-19(29-3)6-9-23(17)27/h4-14,26-27H,1-3H3. The Morgan fingerprint density at radius 2 is 1.21 bits per heavy atom. The van der Waals surface area contributed by atoms with Gasteiger partial charge >= 0.3 is 0 Å². The molecule has 0 atom stereocenters. The molecular weight excluding hydrogens is 368 g/mol. The van der Waals surface area contributed by atoms with Crippen LogP contribution in [0.2, 0.25) is 0 Å². The van der Waals surface area contributed by atoms with E-state index in [0.717, 1.165) is 5.56 Å². The molecule has 3 aromatic rings. The predicted molar refractivity (Wildman–Crippen MR) is 115 cm³/mol. The minimum absolute atomic E-state index is 0.105. The van der Waals surface area contributed by atoms with Crippen LogP contribution in [0, 0.1) is 6.92 Å². The van der Waals surface area contributed by atoms with Gasteiger partial charge in [-0.25, -0.2) is 0 Å². The number of phenols is 2. The van der Waals surface area contributed by atoms with E-state index in [1.165, 1.54) is 0 Å². The Hall–Kier alpha value is -3.80. The van der Waals surface area contributed by atoms with Crippen molar-refractivity contribution in [3.63, 3.8) is 0 Å². The van der Waals surface area contributed by atoms with Crippen LogP contribution in [-0.4, -0.2) is 36.9 Å². The summed E-state index contributed by atoms with van der Waals surface area (Å²) in [5, 5.41) is 20.1. The lowest BCUT2D eigenvalue weighted by Crippen LogP contribution is -1.88. The zero-order chi connectivity index (χ0) is 20.8. The second-order valence-electron chi connectivity index (χ2n) is 6.36. The highest BCUT2D eigenvalue weighted by atomic mass is 16.5.